The Morgan fingerprint density at radius 3 is 2.69 bits per heavy atom. The van der Waals surface area contributed by atoms with Crippen molar-refractivity contribution in [1.82, 2.24) is 15.2 Å². The van der Waals surface area contributed by atoms with Crippen LogP contribution in [0.15, 0.2) is 0 Å². The topological polar surface area (TPSA) is 58.6 Å². The summed E-state index contributed by atoms with van der Waals surface area (Å²) in [4.78, 5) is 14.9. The standard InChI is InChI=1S/C9H15N3O/c1-6(2)4-5-8-10-9(7(3)13)12-11-8/h6H,4-5H2,1-3H3,(H,10,11,12). The van der Waals surface area contributed by atoms with Crippen LogP contribution < -0.4 is 0 Å². The minimum absolute atomic E-state index is 0.0907. The molecule has 4 heteroatoms. The van der Waals surface area contributed by atoms with Crippen LogP contribution in [0.5, 0.6) is 0 Å². The predicted molar refractivity (Wildman–Crippen MR) is 49.5 cm³/mol. The molecule has 0 spiro atoms. The fourth-order valence-electron chi connectivity index (χ4n) is 0.990. The fraction of sp³-hybridized carbons (Fsp3) is 0.667. The van der Waals surface area contributed by atoms with Gasteiger partial charge < -0.3 is 0 Å². The summed E-state index contributed by atoms with van der Waals surface area (Å²) >= 11 is 0. The quantitative estimate of drug-likeness (QED) is 0.718. The number of nitrogens with one attached hydrogen (secondary N) is 1. The Bertz CT molecular complexity index is 291. The minimum Gasteiger partial charge on any atom is -0.291 e. The molecule has 0 saturated heterocycles. The van der Waals surface area contributed by atoms with Crippen LogP contribution in [-0.2, 0) is 6.42 Å². The third kappa shape index (κ3) is 2.97. The van der Waals surface area contributed by atoms with Gasteiger partial charge in [-0.3, -0.25) is 9.89 Å². The first kappa shape index (κ1) is 9.89. The van der Waals surface area contributed by atoms with Crippen LogP contribution in [0.25, 0.3) is 0 Å². The summed E-state index contributed by atoms with van der Waals surface area (Å²) in [6.07, 6.45) is 1.92. The highest BCUT2D eigenvalue weighted by Gasteiger charge is 2.07. The maximum absolute atomic E-state index is 10.9. The summed E-state index contributed by atoms with van der Waals surface area (Å²) in [7, 11) is 0. The van der Waals surface area contributed by atoms with E-state index in [1.165, 1.54) is 6.92 Å². The first-order valence-corrected chi connectivity index (χ1v) is 4.52. The Morgan fingerprint density at radius 2 is 2.23 bits per heavy atom. The lowest BCUT2D eigenvalue weighted by atomic mass is 10.1. The number of carbonyl (C=O) groups excluding carboxylic acids is 1. The van der Waals surface area contributed by atoms with Crippen LogP contribution in [0, 0.1) is 5.92 Å². The number of Topliss-reactive ketones (excluding diaryl/α,β-unsaturated/α-hetero) is 1. The summed E-state index contributed by atoms with van der Waals surface area (Å²) in [5.41, 5.74) is 0. The van der Waals surface area contributed by atoms with Gasteiger partial charge in [-0.2, -0.15) is 5.10 Å². The third-order valence-corrected chi connectivity index (χ3v) is 1.81. The van der Waals surface area contributed by atoms with Gasteiger partial charge in [0.05, 0.1) is 0 Å². The van der Waals surface area contributed by atoms with Crippen LogP contribution in [0.4, 0.5) is 0 Å². The number of aromatic amines is 1. The van der Waals surface area contributed by atoms with Crippen molar-refractivity contribution in [3.63, 3.8) is 0 Å². The number of nitrogens with zero attached hydrogens (tertiary/aromatic N) is 2. The Kier molecular flexibility index (Phi) is 3.17. The Hall–Kier alpha value is -1.19. The van der Waals surface area contributed by atoms with Crippen molar-refractivity contribution in [3.8, 4) is 0 Å². The smallest absolute Gasteiger partial charge is 0.216 e. The zero-order chi connectivity index (χ0) is 9.84. The van der Waals surface area contributed by atoms with Gasteiger partial charge in [0, 0.05) is 13.3 Å². The second kappa shape index (κ2) is 4.16. The maximum Gasteiger partial charge on any atom is 0.216 e. The lowest BCUT2D eigenvalue weighted by Gasteiger charge is -1.99. The first-order chi connectivity index (χ1) is 6.09. The molecule has 0 aliphatic carbocycles. The molecule has 1 aromatic heterocycles. The summed E-state index contributed by atoms with van der Waals surface area (Å²) in [6, 6.07) is 0. The molecule has 0 fully saturated rings. The molecular formula is C9H15N3O. The summed E-state index contributed by atoms with van der Waals surface area (Å²) < 4.78 is 0. The average Bonchev–Trinajstić information content (AvgIpc) is 2.48. The van der Waals surface area contributed by atoms with Crippen LogP contribution in [0.1, 0.15) is 43.6 Å². The van der Waals surface area contributed by atoms with Gasteiger partial charge >= 0.3 is 0 Å². The Balaban J connectivity index is 2.54. The molecule has 0 amide bonds. The highest BCUT2D eigenvalue weighted by molar-refractivity contribution is 5.90. The number of rotatable bonds is 4. The van der Waals surface area contributed by atoms with E-state index >= 15 is 0 Å². The molecule has 0 aliphatic rings. The maximum atomic E-state index is 10.9. The van der Waals surface area contributed by atoms with E-state index in [2.05, 4.69) is 29.0 Å². The molecule has 72 valence electrons. The molecule has 0 aliphatic heterocycles. The predicted octanol–water partition coefficient (Wildman–Crippen LogP) is 1.60. The van der Waals surface area contributed by atoms with Crippen molar-refractivity contribution < 1.29 is 4.79 Å². The van der Waals surface area contributed by atoms with E-state index in [0.29, 0.717) is 11.7 Å². The van der Waals surface area contributed by atoms with E-state index in [1.807, 2.05) is 0 Å². The van der Waals surface area contributed by atoms with Gasteiger partial charge in [0.1, 0.15) is 5.82 Å². The highest BCUT2D eigenvalue weighted by Crippen LogP contribution is 2.04. The zero-order valence-corrected chi connectivity index (χ0v) is 8.29. The van der Waals surface area contributed by atoms with Crippen LogP contribution >= 0.6 is 0 Å². The van der Waals surface area contributed by atoms with E-state index in [-0.39, 0.29) is 5.78 Å². The monoisotopic (exact) mass is 181 g/mol. The van der Waals surface area contributed by atoms with Gasteiger partial charge in [0.15, 0.2) is 5.78 Å². The van der Waals surface area contributed by atoms with Crippen molar-refractivity contribution in [2.75, 3.05) is 0 Å². The van der Waals surface area contributed by atoms with Crippen molar-refractivity contribution in [1.29, 1.82) is 0 Å². The largest absolute Gasteiger partial charge is 0.291 e. The van der Waals surface area contributed by atoms with E-state index < -0.39 is 0 Å². The highest BCUT2D eigenvalue weighted by atomic mass is 16.1. The first-order valence-electron chi connectivity index (χ1n) is 4.52. The number of aryl methyl sites for hydroxylation is 1. The fourth-order valence-corrected chi connectivity index (χ4v) is 0.990. The number of H-pyrrole nitrogens is 1. The molecule has 13 heavy (non-hydrogen) atoms. The van der Waals surface area contributed by atoms with E-state index in [9.17, 15) is 4.79 Å². The van der Waals surface area contributed by atoms with E-state index in [1.54, 1.807) is 0 Å². The molecule has 1 N–H and O–H groups in total. The Morgan fingerprint density at radius 1 is 1.54 bits per heavy atom. The van der Waals surface area contributed by atoms with Gasteiger partial charge in [-0.05, 0) is 12.3 Å². The molecule has 0 atom stereocenters. The number of carbonyl (C=O) groups is 1. The molecule has 1 heterocycles. The number of ketones is 1. The molecule has 1 rings (SSSR count). The molecular weight excluding hydrogens is 166 g/mol. The van der Waals surface area contributed by atoms with Crippen molar-refractivity contribution in [2.24, 2.45) is 5.92 Å². The lowest BCUT2D eigenvalue weighted by Crippen LogP contribution is -1.96. The van der Waals surface area contributed by atoms with Gasteiger partial charge in [-0.1, -0.05) is 13.8 Å². The minimum atomic E-state index is -0.0907. The second-order valence-electron chi connectivity index (χ2n) is 3.59. The van der Waals surface area contributed by atoms with Crippen LogP contribution in [0.3, 0.4) is 0 Å². The summed E-state index contributed by atoms with van der Waals surface area (Å²) in [5, 5.41) is 6.57. The van der Waals surface area contributed by atoms with Crippen molar-refractivity contribution in [3.05, 3.63) is 11.6 Å². The SMILES string of the molecule is CC(=O)c1n[nH]c(CCC(C)C)n1. The Labute approximate surface area is 77.8 Å². The van der Waals surface area contributed by atoms with Crippen molar-refractivity contribution >= 4 is 5.78 Å². The normalized spacial score (nSPS) is 10.8. The van der Waals surface area contributed by atoms with Gasteiger partial charge in [-0.15, -0.1) is 0 Å². The summed E-state index contributed by atoms with van der Waals surface area (Å²) in [6.45, 7) is 5.78. The van der Waals surface area contributed by atoms with Gasteiger partial charge in [0.2, 0.25) is 5.82 Å². The van der Waals surface area contributed by atoms with E-state index in [4.69, 9.17) is 0 Å². The van der Waals surface area contributed by atoms with E-state index in [0.717, 1.165) is 18.7 Å². The molecule has 0 saturated carbocycles. The van der Waals surface area contributed by atoms with Crippen molar-refractivity contribution in [2.45, 2.75) is 33.6 Å². The zero-order valence-electron chi connectivity index (χ0n) is 8.29. The number of aromatic nitrogens is 3. The average molecular weight is 181 g/mol. The number of hydrogen-bond donors (Lipinski definition) is 1. The molecule has 4 nitrogen and oxygen atoms in total. The second-order valence-corrected chi connectivity index (χ2v) is 3.59. The van der Waals surface area contributed by atoms with Crippen LogP contribution in [0.2, 0.25) is 0 Å². The lowest BCUT2D eigenvalue weighted by molar-refractivity contribution is 0.100. The molecule has 0 bridgehead atoms. The van der Waals surface area contributed by atoms with Gasteiger partial charge in [0.25, 0.3) is 0 Å². The van der Waals surface area contributed by atoms with Gasteiger partial charge in [-0.25, -0.2) is 4.98 Å². The molecule has 0 unspecified atom stereocenters. The number of hydrogen-bond acceptors (Lipinski definition) is 3. The van der Waals surface area contributed by atoms with Crippen LogP contribution in [-0.4, -0.2) is 21.0 Å². The molecule has 1 aromatic rings. The molecule has 0 radical (unpaired) electrons. The molecule has 0 aromatic carbocycles. The summed E-state index contributed by atoms with van der Waals surface area (Å²) in [5.74, 6) is 1.65. The third-order valence-electron chi connectivity index (χ3n) is 1.81.